The number of amides is 3. The summed E-state index contributed by atoms with van der Waals surface area (Å²) in [5.41, 5.74) is 2.29. The lowest BCUT2D eigenvalue weighted by Gasteiger charge is -2.33. The van der Waals surface area contributed by atoms with Crippen LogP contribution in [0.5, 0.6) is 5.88 Å². The number of halogens is 1. The van der Waals surface area contributed by atoms with Crippen LogP contribution in [0.25, 0.3) is 21.7 Å². The maximum Gasteiger partial charge on any atom is 0.405 e. The Kier molecular flexibility index (Phi) is 9.01. The topological polar surface area (TPSA) is 184 Å². The molecule has 2 aliphatic heterocycles. The summed E-state index contributed by atoms with van der Waals surface area (Å²) >= 11 is 0. The summed E-state index contributed by atoms with van der Waals surface area (Å²) in [5, 5.41) is 12.8. The van der Waals surface area contributed by atoms with Crippen molar-refractivity contribution >= 4 is 61.6 Å². The van der Waals surface area contributed by atoms with Crippen LogP contribution in [-0.4, -0.2) is 76.9 Å². The van der Waals surface area contributed by atoms with Gasteiger partial charge in [-0.1, -0.05) is 24.6 Å². The molecule has 2 aromatic carbocycles. The number of allylic oxidation sites excluding steroid dienone is 2. The molecule has 1 saturated heterocycles. The maximum atomic E-state index is 14.3. The van der Waals surface area contributed by atoms with Gasteiger partial charge < -0.3 is 15.2 Å². The Morgan fingerprint density at radius 3 is 2.52 bits per heavy atom. The van der Waals surface area contributed by atoms with Crippen LogP contribution in [0.4, 0.5) is 9.18 Å². The number of carbonyl (C=O) groups is 4. The number of benzene rings is 2. The van der Waals surface area contributed by atoms with Crippen LogP contribution in [0.15, 0.2) is 58.7 Å². The predicted octanol–water partition coefficient (Wildman–Crippen LogP) is 4.35. The van der Waals surface area contributed by atoms with Crippen LogP contribution in [0, 0.1) is 11.7 Å². The van der Waals surface area contributed by atoms with E-state index in [1.54, 1.807) is 24.3 Å². The van der Waals surface area contributed by atoms with E-state index in [1.165, 1.54) is 29.3 Å². The van der Waals surface area contributed by atoms with Crippen molar-refractivity contribution in [2.45, 2.75) is 87.8 Å². The number of Topliss-reactive ketones (excluding diaryl/α,β-unsaturated/α-hetero) is 1. The molecule has 4 atom stereocenters. The number of aromatic nitrogens is 1. The summed E-state index contributed by atoms with van der Waals surface area (Å²) in [4.78, 5) is 63.3. The number of aliphatic imine (C=N–C) groups is 1. The van der Waals surface area contributed by atoms with Crippen molar-refractivity contribution in [1.82, 2.24) is 19.9 Å². The highest BCUT2D eigenvalue weighted by Gasteiger charge is 2.49. The molecule has 7 rings (SSSR count). The molecule has 50 heavy (non-hydrogen) atoms. The number of sulfonamides is 1. The van der Waals surface area contributed by atoms with Gasteiger partial charge in [-0.25, -0.2) is 22.6 Å². The Morgan fingerprint density at radius 2 is 1.76 bits per heavy atom. The number of carboxylic acid groups (broad SMARTS) is 1. The van der Waals surface area contributed by atoms with Crippen molar-refractivity contribution in [3.63, 3.8) is 0 Å². The number of ether oxygens (including phenoxy) is 1. The average molecular weight is 706 g/mol. The standard InChI is InChI=1S/C35H36FN5O8S/c36-20-9-12-26-24(16-20)22-6-2-3-7-23(22)34(38-26)49-32-14-13-30(42)27(39-35(45)46)8-4-1-5-19-15-28(19)37-18-29-25(17-31(43)41(29)32)33(44)40-50(47,48)21-10-11-21/h2-3,6-7,9,12,16,18,21,25,27,29,32,39H,1,4-5,8,10-11,13-15,17H2,(H,40,44)(H,45,46)/b37-18-/t25-,27+,29-,32-/m1/s1. The molecule has 3 aromatic rings. The van der Waals surface area contributed by atoms with Gasteiger partial charge in [-0.2, -0.15) is 0 Å². The number of carbonyl (C=O) groups excluding carboxylic acids is 3. The third kappa shape index (κ3) is 7.04. The molecule has 0 radical (unpaired) electrons. The smallest absolute Gasteiger partial charge is 0.405 e. The zero-order valence-electron chi connectivity index (χ0n) is 27.0. The van der Waals surface area contributed by atoms with Gasteiger partial charge in [-0.3, -0.25) is 29.0 Å². The van der Waals surface area contributed by atoms with Crippen molar-refractivity contribution in [1.29, 1.82) is 0 Å². The Hall–Kier alpha value is -4.92. The lowest BCUT2D eigenvalue weighted by atomic mass is 9.99. The van der Waals surface area contributed by atoms with E-state index in [2.05, 4.69) is 20.0 Å². The van der Waals surface area contributed by atoms with Gasteiger partial charge in [0.2, 0.25) is 27.7 Å². The Balaban J connectivity index is 1.30. The number of nitrogens with one attached hydrogen (secondary N) is 2. The first-order valence-electron chi connectivity index (χ1n) is 16.8. The van der Waals surface area contributed by atoms with Crippen LogP contribution >= 0.6 is 0 Å². The van der Waals surface area contributed by atoms with E-state index in [0.717, 1.165) is 11.3 Å². The zero-order chi connectivity index (χ0) is 35.2. The predicted molar refractivity (Wildman–Crippen MR) is 180 cm³/mol. The minimum atomic E-state index is -3.92. The van der Waals surface area contributed by atoms with Crippen molar-refractivity contribution in [2.24, 2.45) is 10.9 Å². The SMILES string of the molecule is O=C(O)N[C@H]1CCCCC2=C(C2)/N=C\[C@@H]2[C@H](C(=O)NS(=O)(=O)C3CC3)CC(=O)N2[C@H](Oc2nc3ccc(F)cc3c3ccccc23)CCC1=O. The Morgan fingerprint density at radius 1 is 0.980 bits per heavy atom. The second-order valence-corrected chi connectivity index (χ2v) is 15.2. The summed E-state index contributed by atoms with van der Waals surface area (Å²) < 4.78 is 48.5. The van der Waals surface area contributed by atoms with Crippen LogP contribution in [0.1, 0.15) is 64.2 Å². The quantitative estimate of drug-likeness (QED) is 0.314. The third-order valence-electron chi connectivity index (χ3n) is 9.74. The Bertz CT molecular complexity index is 2080. The number of ketones is 1. The van der Waals surface area contributed by atoms with Crippen molar-refractivity contribution in [2.75, 3.05) is 0 Å². The number of hydrogen-bond acceptors (Lipinski definition) is 9. The van der Waals surface area contributed by atoms with Crippen LogP contribution in [0.3, 0.4) is 0 Å². The van der Waals surface area contributed by atoms with Gasteiger partial charge in [-0.05, 0) is 67.3 Å². The van der Waals surface area contributed by atoms with E-state index in [0.29, 0.717) is 66.6 Å². The molecule has 0 unspecified atom stereocenters. The second kappa shape index (κ2) is 13.4. The van der Waals surface area contributed by atoms with E-state index < -0.39 is 69.0 Å². The van der Waals surface area contributed by atoms with Gasteiger partial charge in [0.05, 0.1) is 28.8 Å². The molecule has 3 N–H and O–H groups in total. The maximum absolute atomic E-state index is 14.3. The van der Waals surface area contributed by atoms with E-state index in [-0.39, 0.29) is 25.1 Å². The number of nitrogens with zero attached hydrogens (tertiary/aromatic N) is 3. The molecular formula is C35H36FN5O8S. The summed E-state index contributed by atoms with van der Waals surface area (Å²) in [6.45, 7) is 0. The summed E-state index contributed by atoms with van der Waals surface area (Å²) in [5.74, 6) is -3.24. The van der Waals surface area contributed by atoms with Gasteiger partial charge in [0.1, 0.15) is 5.82 Å². The number of fused-ring (bicyclic) bond motifs is 4. The molecule has 3 heterocycles. The lowest BCUT2D eigenvalue weighted by molar-refractivity contribution is -0.137. The highest BCUT2D eigenvalue weighted by molar-refractivity contribution is 7.90. The molecule has 2 fully saturated rings. The Labute approximate surface area is 287 Å². The third-order valence-corrected chi connectivity index (χ3v) is 11.6. The number of hydrogen-bond donors (Lipinski definition) is 3. The molecule has 4 aliphatic rings. The molecule has 1 saturated carbocycles. The van der Waals surface area contributed by atoms with E-state index in [9.17, 15) is 37.1 Å². The van der Waals surface area contributed by atoms with Crippen LogP contribution < -0.4 is 14.8 Å². The van der Waals surface area contributed by atoms with Gasteiger partial charge in [0.15, 0.2) is 12.0 Å². The zero-order valence-corrected chi connectivity index (χ0v) is 27.8. The monoisotopic (exact) mass is 705 g/mol. The average Bonchev–Trinajstić information content (AvgIpc) is 4.01. The molecule has 0 bridgehead atoms. The highest BCUT2D eigenvalue weighted by Crippen LogP contribution is 2.39. The van der Waals surface area contributed by atoms with Gasteiger partial charge in [0.25, 0.3) is 0 Å². The van der Waals surface area contributed by atoms with Crippen LogP contribution in [-0.2, 0) is 24.4 Å². The fourth-order valence-electron chi connectivity index (χ4n) is 6.88. The molecule has 15 heteroatoms. The second-order valence-electron chi connectivity index (χ2n) is 13.3. The first-order valence-corrected chi connectivity index (χ1v) is 18.3. The number of rotatable bonds is 6. The molecule has 3 amide bonds. The van der Waals surface area contributed by atoms with Crippen LogP contribution in [0.2, 0.25) is 0 Å². The van der Waals surface area contributed by atoms with Gasteiger partial charge in [-0.15, -0.1) is 0 Å². The van der Waals surface area contributed by atoms with Crippen molar-refractivity contribution in [3.8, 4) is 5.88 Å². The molecular weight excluding hydrogens is 669 g/mol. The first-order chi connectivity index (χ1) is 24.0. The number of pyridine rings is 1. The fraction of sp³-hybridized carbons (Fsp3) is 0.429. The van der Waals surface area contributed by atoms with Gasteiger partial charge >= 0.3 is 6.09 Å². The van der Waals surface area contributed by atoms with Crippen molar-refractivity contribution in [3.05, 3.63) is 59.6 Å². The molecule has 262 valence electrons. The normalized spacial score (nSPS) is 25.3. The van der Waals surface area contributed by atoms with E-state index >= 15 is 0 Å². The molecule has 0 spiro atoms. The minimum Gasteiger partial charge on any atom is -0.465 e. The van der Waals surface area contributed by atoms with Gasteiger partial charge in [0, 0.05) is 48.4 Å². The van der Waals surface area contributed by atoms with E-state index in [4.69, 9.17) is 4.74 Å². The molecule has 13 nitrogen and oxygen atoms in total. The summed E-state index contributed by atoms with van der Waals surface area (Å²) in [7, 11) is -3.92. The molecule has 1 aromatic heterocycles. The molecule has 2 aliphatic carbocycles. The minimum absolute atomic E-state index is 0.0928. The highest BCUT2D eigenvalue weighted by atomic mass is 32.2. The summed E-state index contributed by atoms with van der Waals surface area (Å²) in [6, 6.07) is 9.17. The fourth-order valence-corrected chi connectivity index (χ4v) is 8.24. The van der Waals surface area contributed by atoms with E-state index in [1.807, 2.05) is 0 Å². The largest absolute Gasteiger partial charge is 0.465 e. The summed E-state index contributed by atoms with van der Waals surface area (Å²) in [6.07, 6.45) is 2.14. The van der Waals surface area contributed by atoms with Crippen molar-refractivity contribution < 1.29 is 41.8 Å². The first kappa shape index (κ1) is 33.6. The lowest BCUT2D eigenvalue weighted by Crippen LogP contribution is -2.50.